The van der Waals surface area contributed by atoms with Crippen LogP contribution in [0.3, 0.4) is 0 Å². The molecule has 1 amide bonds. The monoisotopic (exact) mass is 324 g/mol. The third-order valence-corrected chi connectivity index (χ3v) is 5.84. The molecule has 3 rings (SSSR count). The highest BCUT2D eigenvalue weighted by molar-refractivity contribution is 5.78. The molecule has 132 valence electrons. The molecule has 0 aromatic carbocycles. The SMILES string of the molecule is CC1(O)CCOC2(CCN(C(=O)CN3CCCCCC3)CC2)C1. The Hall–Kier alpha value is -0.650. The highest BCUT2D eigenvalue weighted by Gasteiger charge is 2.44. The number of carbonyl (C=O) groups excluding carboxylic acids is 1. The van der Waals surface area contributed by atoms with E-state index in [-0.39, 0.29) is 11.5 Å². The second-order valence-corrected chi connectivity index (χ2v) is 8.03. The van der Waals surface area contributed by atoms with Crippen LogP contribution in [0.1, 0.15) is 58.3 Å². The van der Waals surface area contributed by atoms with Gasteiger partial charge in [-0.3, -0.25) is 9.69 Å². The first-order valence-electron chi connectivity index (χ1n) is 9.35. The highest BCUT2D eigenvalue weighted by atomic mass is 16.5. The summed E-state index contributed by atoms with van der Waals surface area (Å²) in [5.41, 5.74) is -0.822. The van der Waals surface area contributed by atoms with E-state index in [0.29, 0.717) is 26.0 Å². The maximum atomic E-state index is 12.6. The molecule has 0 aromatic rings. The number of carbonyl (C=O) groups is 1. The van der Waals surface area contributed by atoms with E-state index in [1.54, 1.807) is 0 Å². The molecule has 1 atom stereocenters. The molecule has 0 aliphatic carbocycles. The van der Waals surface area contributed by atoms with Gasteiger partial charge in [-0.25, -0.2) is 0 Å². The average Bonchev–Trinajstić information content (AvgIpc) is 2.75. The first kappa shape index (κ1) is 17.2. The van der Waals surface area contributed by atoms with Crippen LogP contribution in [0.25, 0.3) is 0 Å². The number of nitrogens with zero attached hydrogens (tertiary/aromatic N) is 2. The van der Waals surface area contributed by atoms with Crippen molar-refractivity contribution < 1.29 is 14.6 Å². The fraction of sp³-hybridized carbons (Fsp3) is 0.944. The van der Waals surface area contributed by atoms with Crippen molar-refractivity contribution in [2.75, 3.05) is 39.3 Å². The second kappa shape index (κ2) is 7.08. The molecule has 5 nitrogen and oxygen atoms in total. The number of piperidine rings is 1. The summed E-state index contributed by atoms with van der Waals surface area (Å²) in [5, 5.41) is 10.3. The molecule has 1 spiro atoms. The van der Waals surface area contributed by atoms with Gasteiger partial charge in [0.1, 0.15) is 0 Å². The molecule has 0 saturated carbocycles. The predicted octanol–water partition coefficient (Wildman–Crippen LogP) is 1.78. The van der Waals surface area contributed by atoms with Gasteiger partial charge in [0, 0.05) is 19.5 Å². The van der Waals surface area contributed by atoms with E-state index in [2.05, 4.69) is 4.90 Å². The van der Waals surface area contributed by atoms with E-state index in [1.807, 2.05) is 11.8 Å². The minimum Gasteiger partial charge on any atom is -0.390 e. The van der Waals surface area contributed by atoms with E-state index >= 15 is 0 Å². The van der Waals surface area contributed by atoms with Crippen LogP contribution in [-0.4, -0.2) is 71.3 Å². The third kappa shape index (κ3) is 4.46. The molecular weight excluding hydrogens is 292 g/mol. The lowest BCUT2D eigenvalue weighted by Gasteiger charge is -2.48. The Balaban J connectivity index is 1.49. The van der Waals surface area contributed by atoms with Crippen LogP contribution in [0.15, 0.2) is 0 Å². The Morgan fingerprint density at radius 2 is 1.70 bits per heavy atom. The smallest absolute Gasteiger partial charge is 0.236 e. The van der Waals surface area contributed by atoms with Crippen molar-refractivity contribution in [1.29, 1.82) is 0 Å². The molecule has 1 unspecified atom stereocenters. The molecule has 0 radical (unpaired) electrons. The zero-order chi connectivity index (χ0) is 16.3. The van der Waals surface area contributed by atoms with E-state index in [4.69, 9.17) is 4.74 Å². The van der Waals surface area contributed by atoms with Gasteiger partial charge >= 0.3 is 0 Å². The molecular formula is C18H32N2O3. The summed E-state index contributed by atoms with van der Waals surface area (Å²) in [4.78, 5) is 16.9. The van der Waals surface area contributed by atoms with Crippen LogP contribution >= 0.6 is 0 Å². The minimum atomic E-state index is -0.615. The Kier molecular flexibility index (Phi) is 5.29. The molecule has 5 heteroatoms. The molecule has 3 aliphatic heterocycles. The number of rotatable bonds is 2. The Morgan fingerprint density at radius 3 is 2.30 bits per heavy atom. The predicted molar refractivity (Wildman–Crippen MR) is 89.3 cm³/mol. The van der Waals surface area contributed by atoms with Gasteiger partial charge in [-0.1, -0.05) is 12.8 Å². The quantitative estimate of drug-likeness (QED) is 0.841. The summed E-state index contributed by atoms with van der Waals surface area (Å²) in [7, 11) is 0. The van der Waals surface area contributed by atoms with Crippen LogP contribution in [0.2, 0.25) is 0 Å². The molecule has 0 bridgehead atoms. The first-order valence-corrected chi connectivity index (χ1v) is 9.35. The Morgan fingerprint density at radius 1 is 1.04 bits per heavy atom. The zero-order valence-electron chi connectivity index (χ0n) is 14.6. The van der Waals surface area contributed by atoms with Crippen molar-refractivity contribution in [3.8, 4) is 0 Å². The van der Waals surface area contributed by atoms with Crippen molar-refractivity contribution in [3.63, 3.8) is 0 Å². The number of ether oxygens (including phenoxy) is 1. The van der Waals surface area contributed by atoms with Crippen molar-refractivity contribution >= 4 is 5.91 Å². The fourth-order valence-electron chi connectivity index (χ4n) is 4.39. The summed E-state index contributed by atoms with van der Waals surface area (Å²) in [5.74, 6) is 0.268. The van der Waals surface area contributed by atoms with Crippen molar-refractivity contribution in [2.45, 2.75) is 69.5 Å². The fourth-order valence-corrected chi connectivity index (χ4v) is 4.39. The first-order chi connectivity index (χ1) is 11.0. The van der Waals surface area contributed by atoms with Gasteiger partial charge in [-0.05, 0) is 52.1 Å². The lowest BCUT2D eigenvalue weighted by Crippen LogP contribution is -2.55. The van der Waals surface area contributed by atoms with Crippen molar-refractivity contribution in [1.82, 2.24) is 9.80 Å². The molecule has 3 aliphatic rings. The Bertz CT molecular complexity index is 408. The van der Waals surface area contributed by atoms with E-state index in [1.165, 1.54) is 25.7 Å². The van der Waals surface area contributed by atoms with Crippen LogP contribution < -0.4 is 0 Å². The van der Waals surface area contributed by atoms with Gasteiger partial charge in [-0.15, -0.1) is 0 Å². The van der Waals surface area contributed by atoms with Gasteiger partial charge in [0.05, 0.1) is 24.4 Å². The van der Waals surface area contributed by atoms with E-state index in [0.717, 1.165) is 39.0 Å². The third-order valence-electron chi connectivity index (χ3n) is 5.84. The summed E-state index contributed by atoms with van der Waals surface area (Å²) in [6, 6.07) is 0. The molecule has 0 aromatic heterocycles. The largest absolute Gasteiger partial charge is 0.390 e. The summed E-state index contributed by atoms with van der Waals surface area (Å²) in [6.45, 7) is 6.78. The van der Waals surface area contributed by atoms with Gasteiger partial charge in [0.15, 0.2) is 0 Å². The van der Waals surface area contributed by atoms with E-state index < -0.39 is 5.60 Å². The standard InChI is InChI=1S/C18H32N2O3/c1-17(22)8-13-23-18(15-17)6-11-20(12-7-18)16(21)14-19-9-4-2-3-5-10-19/h22H,2-15H2,1H3. The van der Waals surface area contributed by atoms with Crippen LogP contribution in [0.5, 0.6) is 0 Å². The summed E-state index contributed by atoms with van der Waals surface area (Å²) >= 11 is 0. The Labute approximate surface area is 140 Å². The normalized spacial score (nSPS) is 32.7. The number of hydrogen-bond donors (Lipinski definition) is 1. The highest BCUT2D eigenvalue weighted by Crippen LogP contribution is 2.39. The number of aliphatic hydroxyl groups is 1. The van der Waals surface area contributed by atoms with Gasteiger partial charge < -0.3 is 14.7 Å². The van der Waals surface area contributed by atoms with Crippen LogP contribution in [-0.2, 0) is 9.53 Å². The van der Waals surface area contributed by atoms with Crippen molar-refractivity contribution in [3.05, 3.63) is 0 Å². The topological polar surface area (TPSA) is 53.0 Å². The second-order valence-electron chi connectivity index (χ2n) is 8.03. The molecule has 3 heterocycles. The molecule has 3 fully saturated rings. The number of hydrogen-bond acceptors (Lipinski definition) is 4. The van der Waals surface area contributed by atoms with E-state index in [9.17, 15) is 9.90 Å². The van der Waals surface area contributed by atoms with Gasteiger partial charge in [0.2, 0.25) is 5.91 Å². The number of amides is 1. The maximum Gasteiger partial charge on any atom is 0.236 e. The molecule has 23 heavy (non-hydrogen) atoms. The van der Waals surface area contributed by atoms with Gasteiger partial charge in [0.25, 0.3) is 0 Å². The zero-order valence-corrected chi connectivity index (χ0v) is 14.6. The minimum absolute atomic E-state index is 0.207. The summed E-state index contributed by atoms with van der Waals surface area (Å²) < 4.78 is 6.03. The summed E-state index contributed by atoms with van der Waals surface area (Å²) in [6.07, 6.45) is 8.17. The lowest BCUT2D eigenvalue weighted by molar-refractivity contribution is -0.175. The number of likely N-dealkylation sites (tertiary alicyclic amines) is 2. The molecule has 3 saturated heterocycles. The van der Waals surface area contributed by atoms with Crippen LogP contribution in [0.4, 0.5) is 0 Å². The van der Waals surface area contributed by atoms with Gasteiger partial charge in [-0.2, -0.15) is 0 Å². The average molecular weight is 324 g/mol. The van der Waals surface area contributed by atoms with Crippen molar-refractivity contribution in [2.24, 2.45) is 0 Å². The lowest BCUT2D eigenvalue weighted by atomic mass is 9.78. The maximum absolute atomic E-state index is 12.6. The van der Waals surface area contributed by atoms with Crippen LogP contribution in [0, 0.1) is 0 Å². The molecule has 1 N–H and O–H groups in total.